The van der Waals surface area contributed by atoms with Gasteiger partial charge < -0.3 is 9.64 Å². The van der Waals surface area contributed by atoms with Crippen molar-refractivity contribution in [3.05, 3.63) is 71.6 Å². The third kappa shape index (κ3) is 3.54. The van der Waals surface area contributed by atoms with Crippen LogP contribution in [0.15, 0.2) is 48.9 Å². The molecule has 2 bridgehead atoms. The van der Waals surface area contributed by atoms with Crippen molar-refractivity contribution in [2.24, 2.45) is 5.92 Å². The van der Waals surface area contributed by atoms with Gasteiger partial charge in [-0.3, -0.25) is 14.8 Å². The first-order valence-electron chi connectivity index (χ1n) is 10.5. The largest absolute Gasteiger partial charge is 0.472 e. The number of fused-ring (bicyclic) bond motifs is 2. The maximum Gasteiger partial charge on any atom is 0.273 e. The van der Waals surface area contributed by atoms with Crippen molar-refractivity contribution in [3.63, 3.8) is 0 Å². The number of piperidine rings is 1. The average molecular weight is 418 g/mol. The van der Waals surface area contributed by atoms with Gasteiger partial charge >= 0.3 is 0 Å². The summed E-state index contributed by atoms with van der Waals surface area (Å²) in [5.41, 5.74) is 2.66. The zero-order valence-electron chi connectivity index (χ0n) is 17.5. The second kappa shape index (κ2) is 7.72. The summed E-state index contributed by atoms with van der Waals surface area (Å²) in [6, 6.07) is 8.42. The summed E-state index contributed by atoms with van der Waals surface area (Å²) in [4.78, 5) is 28.3. The standard InChI is InChI=1S/C24H23FN4O2/c1-14-5-6-20(28-12-14)31-19-11-16-10-18(19)29(13-16)24(30)23-21(15(2)7-9-27-23)22-17(25)4-3-8-26-22/h3-9,12,16,18-19H,10-11,13H2,1-2H3. The van der Waals surface area contributed by atoms with E-state index >= 15 is 0 Å². The molecule has 0 spiro atoms. The molecule has 1 saturated carbocycles. The molecule has 0 aromatic carbocycles. The van der Waals surface area contributed by atoms with Crippen molar-refractivity contribution in [1.82, 2.24) is 19.9 Å². The SMILES string of the molecule is Cc1ccc(OC2CC3CC2N(C(=O)c2nccc(C)c2-c2ncccc2F)C3)nc1. The van der Waals surface area contributed by atoms with Crippen LogP contribution in [-0.4, -0.2) is 44.4 Å². The van der Waals surface area contributed by atoms with E-state index in [9.17, 15) is 9.18 Å². The predicted octanol–water partition coefficient (Wildman–Crippen LogP) is 3.98. The molecular formula is C24H23FN4O2. The van der Waals surface area contributed by atoms with E-state index in [1.807, 2.05) is 30.9 Å². The maximum atomic E-state index is 14.5. The Morgan fingerprint density at radius 3 is 2.71 bits per heavy atom. The molecule has 0 radical (unpaired) electrons. The van der Waals surface area contributed by atoms with Gasteiger partial charge in [-0.15, -0.1) is 0 Å². The van der Waals surface area contributed by atoms with Crippen molar-refractivity contribution in [2.45, 2.75) is 38.8 Å². The normalized spacial score (nSPS) is 22.0. The minimum atomic E-state index is -0.470. The van der Waals surface area contributed by atoms with Crippen LogP contribution in [0.4, 0.5) is 4.39 Å². The fourth-order valence-electron chi connectivity index (χ4n) is 4.73. The zero-order chi connectivity index (χ0) is 21.5. The van der Waals surface area contributed by atoms with E-state index in [1.165, 1.54) is 18.3 Å². The van der Waals surface area contributed by atoms with Gasteiger partial charge in [-0.25, -0.2) is 9.37 Å². The number of hydrogen-bond acceptors (Lipinski definition) is 5. The molecule has 3 unspecified atom stereocenters. The van der Waals surface area contributed by atoms with Crippen LogP contribution in [0, 0.1) is 25.6 Å². The van der Waals surface area contributed by atoms with E-state index in [0.717, 1.165) is 24.0 Å². The third-order valence-electron chi connectivity index (χ3n) is 6.20. The summed E-state index contributed by atoms with van der Waals surface area (Å²) >= 11 is 0. The number of amides is 1. The van der Waals surface area contributed by atoms with E-state index in [2.05, 4.69) is 15.0 Å². The first kappa shape index (κ1) is 19.6. The lowest BCUT2D eigenvalue weighted by Gasteiger charge is -2.33. The Bertz CT molecular complexity index is 1130. The molecule has 1 saturated heterocycles. The summed E-state index contributed by atoms with van der Waals surface area (Å²) in [7, 11) is 0. The lowest BCUT2D eigenvalue weighted by molar-refractivity contribution is 0.0462. The van der Waals surface area contributed by atoms with Crippen molar-refractivity contribution in [2.75, 3.05) is 6.54 Å². The first-order chi connectivity index (χ1) is 15.0. The summed E-state index contributed by atoms with van der Waals surface area (Å²) < 4.78 is 20.7. The Kier molecular flexibility index (Phi) is 4.88. The number of carbonyl (C=O) groups is 1. The quantitative estimate of drug-likeness (QED) is 0.641. The van der Waals surface area contributed by atoms with Gasteiger partial charge in [-0.1, -0.05) is 6.07 Å². The minimum absolute atomic E-state index is 0.0515. The summed E-state index contributed by atoms with van der Waals surface area (Å²) in [6.07, 6.45) is 6.56. The van der Waals surface area contributed by atoms with Gasteiger partial charge in [0.2, 0.25) is 5.88 Å². The number of pyridine rings is 3. The highest BCUT2D eigenvalue weighted by Crippen LogP contribution is 2.41. The van der Waals surface area contributed by atoms with Crippen LogP contribution >= 0.6 is 0 Å². The maximum absolute atomic E-state index is 14.5. The fourth-order valence-corrected chi connectivity index (χ4v) is 4.73. The van der Waals surface area contributed by atoms with Crippen LogP contribution in [0.2, 0.25) is 0 Å². The molecule has 2 aliphatic rings. The lowest BCUT2D eigenvalue weighted by atomic mass is 10.0. The number of hydrogen-bond donors (Lipinski definition) is 0. The topological polar surface area (TPSA) is 68.2 Å². The van der Waals surface area contributed by atoms with Gasteiger partial charge in [0.05, 0.1) is 6.04 Å². The number of halogens is 1. The predicted molar refractivity (Wildman–Crippen MR) is 113 cm³/mol. The molecular weight excluding hydrogens is 395 g/mol. The highest BCUT2D eigenvalue weighted by atomic mass is 19.1. The van der Waals surface area contributed by atoms with Crippen molar-refractivity contribution in [3.8, 4) is 17.1 Å². The van der Waals surface area contributed by atoms with Crippen LogP contribution < -0.4 is 4.74 Å². The van der Waals surface area contributed by atoms with Crippen molar-refractivity contribution >= 4 is 5.91 Å². The zero-order valence-corrected chi connectivity index (χ0v) is 17.5. The molecule has 3 aromatic heterocycles. The van der Waals surface area contributed by atoms with E-state index < -0.39 is 5.82 Å². The molecule has 6 nitrogen and oxygen atoms in total. The first-order valence-corrected chi connectivity index (χ1v) is 10.5. The third-order valence-corrected chi connectivity index (χ3v) is 6.20. The molecule has 3 aromatic rings. The fraction of sp³-hybridized carbons (Fsp3) is 0.333. The minimum Gasteiger partial charge on any atom is -0.472 e. The molecule has 5 rings (SSSR count). The van der Waals surface area contributed by atoms with Gasteiger partial charge in [0, 0.05) is 36.8 Å². The molecule has 158 valence electrons. The smallest absolute Gasteiger partial charge is 0.273 e. The Balaban J connectivity index is 1.44. The van der Waals surface area contributed by atoms with Gasteiger partial charge in [0.15, 0.2) is 0 Å². The number of likely N-dealkylation sites (tertiary alicyclic amines) is 1. The molecule has 3 atom stereocenters. The second-order valence-electron chi connectivity index (χ2n) is 8.38. The summed E-state index contributed by atoms with van der Waals surface area (Å²) in [5.74, 6) is 0.272. The van der Waals surface area contributed by atoms with Crippen LogP contribution in [0.1, 0.15) is 34.5 Å². The molecule has 31 heavy (non-hydrogen) atoms. The highest BCUT2D eigenvalue weighted by Gasteiger charge is 2.49. The molecule has 7 heteroatoms. The van der Waals surface area contributed by atoms with Crippen molar-refractivity contribution in [1.29, 1.82) is 0 Å². The highest BCUT2D eigenvalue weighted by molar-refractivity contribution is 5.99. The van der Waals surface area contributed by atoms with Gasteiger partial charge in [-0.05, 0) is 61.9 Å². The molecule has 2 fully saturated rings. The van der Waals surface area contributed by atoms with Crippen LogP contribution in [0.3, 0.4) is 0 Å². The van der Waals surface area contributed by atoms with E-state index in [4.69, 9.17) is 4.74 Å². The van der Waals surface area contributed by atoms with E-state index in [-0.39, 0.29) is 29.4 Å². The Hall–Kier alpha value is -3.35. The van der Waals surface area contributed by atoms with Gasteiger partial charge in [0.25, 0.3) is 5.91 Å². The van der Waals surface area contributed by atoms with Crippen LogP contribution in [0.5, 0.6) is 5.88 Å². The summed E-state index contributed by atoms with van der Waals surface area (Å²) in [5, 5.41) is 0. The van der Waals surface area contributed by atoms with E-state index in [0.29, 0.717) is 23.9 Å². The van der Waals surface area contributed by atoms with Gasteiger partial charge in [0.1, 0.15) is 23.3 Å². The Labute approximate surface area is 180 Å². The van der Waals surface area contributed by atoms with E-state index in [1.54, 1.807) is 18.5 Å². The van der Waals surface area contributed by atoms with Crippen LogP contribution in [-0.2, 0) is 0 Å². The molecule has 1 amide bonds. The van der Waals surface area contributed by atoms with Crippen LogP contribution in [0.25, 0.3) is 11.3 Å². The van der Waals surface area contributed by atoms with Crippen molar-refractivity contribution < 1.29 is 13.9 Å². The second-order valence-corrected chi connectivity index (χ2v) is 8.38. The lowest BCUT2D eigenvalue weighted by Crippen LogP contribution is -2.47. The monoisotopic (exact) mass is 418 g/mol. The molecule has 4 heterocycles. The molecule has 0 N–H and O–H groups in total. The number of ether oxygens (including phenoxy) is 1. The molecule has 1 aliphatic carbocycles. The number of nitrogens with zero attached hydrogens (tertiary/aromatic N) is 4. The Morgan fingerprint density at radius 2 is 1.97 bits per heavy atom. The van der Waals surface area contributed by atoms with Gasteiger partial charge in [-0.2, -0.15) is 0 Å². The number of carbonyl (C=O) groups excluding carboxylic acids is 1. The summed E-state index contributed by atoms with van der Waals surface area (Å²) in [6.45, 7) is 4.48. The number of aromatic nitrogens is 3. The Morgan fingerprint density at radius 1 is 1.10 bits per heavy atom. The number of aryl methyl sites for hydroxylation is 2. The molecule has 1 aliphatic heterocycles. The average Bonchev–Trinajstić information content (AvgIpc) is 3.36. The number of rotatable bonds is 4.